The summed E-state index contributed by atoms with van der Waals surface area (Å²) in [5.41, 5.74) is -0.120. The number of hydrogen-bond donors (Lipinski definition) is 1. The average Bonchev–Trinajstić information content (AvgIpc) is 2.55. The number of halogens is 1. The third-order valence-electron chi connectivity index (χ3n) is 3.15. The van der Waals surface area contributed by atoms with Gasteiger partial charge in [0.15, 0.2) is 0 Å². The molecule has 0 radical (unpaired) electrons. The van der Waals surface area contributed by atoms with Crippen molar-refractivity contribution < 1.29 is 14.0 Å². The second-order valence-electron chi connectivity index (χ2n) is 4.00. The molecule has 0 bridgehead atoms. The van der Waals surface area contributed by atoms with Gasteiger partial charge in [-0.2, -0.15) is 0 Å². The molecule has 2 rings (SSSR count). The molecule has 1 saturated heterocycles. The van der Waals surface area contributed by atoms with E-state index in [-0.39, 0.29) is 24.1 Å². The van der Waals surface area contributed by atoms with E-state index in [1.165, 1.54) is 12.1 Å². The second-order valence-corrected chi connectivity index (χ2v) is 4.00. The van der Waals surface area contributed by atoms with E-state index in [0.717, 1.165) is 0 Å². The van der Waals surface area contributed by atoms with Crippen molar-refractivity contribution in [2.75, 3.05) is 0 Å². The van der Waals surface area contributed by atoms with Crippen molar-refractivity contribution >= 4 is 11.8 Å². The summed E-state index contributed by atoms with van der Waals surface area (Å²) in [6, 6.07) is 5.75. The number of carbonyl (C=O) groups excluding carboxylic acids is 2. The van der Waals surface area contributed by atoms with Crippen LogP contribution in [-0.2, 0) is 15.0 Å². The highest BCUT2D eigenvalue weighted by Crippen LogP contribution is 2.35. The molecular formula is C12H12FNO2. The number of imide groups is 1. The first-order valence-electron chi connectivity index (χ1n) is 5.19. The Morgan fingerprint density at radius 1 is 1.31 bits per heavy atom. The Balaban J connectivity index is 2.46. The van der Waals surface area contributed by atoms with Gasteiger partial charge in [-0.3, -0.25) is 14.9 Å². The van der Waals surface area contributed by atoms with Crippen molar-refractivity contribution in [3.63, 3.8) is 0 Å². The van der Waals surface area contributed by atoms with Crippen molar-refractivity contribution in [3.8, 4) is 0 Å². The zero-order valence-corrected chi connectivity index (χ0v) is 8.92. The molecule has 0 saturated carbocycles. The molecular weight excluding hydrogens is 209 g/mol. The minimum atomic E-state index is -0.815. The van der Waals surface area contributed by atoms with Gasteiger partial charge in [0, 0.05) is 6.42 Å². The molecule has 4 heteroatoms. The Bertz CT molecular complexity index is 441. The molecule has 16 heavy (non-hydrogen) atoms. The van der Waals surface area contributed by atoms with Gasteiger partial charge < -0.3 is 0 Å². The van der Waals surface area contributed by atoms with Crippen LogP contribution in [0.5, 0.6) is 0 Å². The third kappa shape index (κ3) is 1.50. The van der Waals surface area contributed by atoms with Crippen molar-refractivity contribution in [1.82, 2.24) is 5.32 Å². The summed E-state index contributed by atoms with van der Waals surface area (Å²) in [5, 5.41) is 2.30. The molecule has 3 nitrogen and oxygen atoms in total. The monoisotopic (exact) mass is 221 g/mol. The van der Waals surface area contributed by atoms with E-state index in [4.69, 9.17) is 0 Å². The number of amides is 2. The molecule has 1 heterocycles. The Labute approximate surface area is 92.7 Å². The van der Waals surface area contributed by atoms with Crippen molar-refractivity contribution in [1.29, 1.82) is 0 Å². The van der Waals surface area contributed by atoms with E-state index in [1.807, 2.05) is 6.92 Å². The fraction of sp³-hybridized carbons (Fsp3) is 0.333. The van der Waals surface area contributed by atoms with Crippen LogP contribution in [0.15, 0.2) is 24.3 Å². The Morgan fingerprint density at radius 2 is 1.94 bits per heavy atom. The number of nitrogens with one attached hydrogen (secondary N) is 1. The van der Waals surface area contributed by atoms with Gasteiger partial charge in [-0.1, -0.05) is 19.1 Å². The van der Waals surface area contributed by atoms with E-state index in [1.54, 1.807) is 12.1 Å². The maximum Gasteiger partial charge on any atom is 0.237 e. The fourth-order valence-electron chi connectivity index (χ4n) is 2.14. The average molecular weight is 221 g/mol. The highest BCUT2D eigenvalue weighted by molar-refractivity contribution is 6.09. The van der Waals surface area contributed by atoms with Crippen LogP contribution in [0.2, 0.25) is 0 Å². The zero-order valence-electron chi connectivity index (χ0n) is 8.92. The standard InChI is InChI=1S/C12H12FNO2/c1-2-12(7-10(15)14-11(12)16)8-3-5-9(13)6-4-8/h3-6H,2,7H2,1H3,(H,14,15,16). The van der Waals surface area contributed by atoms with Crippen molar-refractivity contribution in [2.45, 2.75) is 25.2 Å². The predicted octanol–water partition coefficient (Wildman–Crippen LogP) is 1.52. The molecule has 0 spiro atoms. The highest BCUT2D eigenvalue weighted by Gasteiger charge is 2.46. The molecule has 1 atom stereocenters. The Hall–Kier alpha value is -1.71. The zero-order chi connectivity index (χ0) is 11.8. The number of benzene rings is 1. The lowest BCUT2D eigenvalue weighted by atomic mass is 9.77. The van der Waals surface area contributed by atoms with E-state index < -0.39 is 5.41 Å². The molecule has 84 valence electrons. The van der Waals surface area contributed by atoms with Crippen molar-refractivity contribution in [2.24, 2.45) is 0 Å². The van der Waals surface area contributed by atoms with Crippen LogP contribution in [0.1, 0.15) is 25.3 Å². The van der Waals surface area contributed by atoms with Gasteiger partial charge in [0.2, 0.25) is 11.8 Å². The summed E-state index contributed by atoms with van der Waals surface area (Å²) in [6.07, 6.45) is 0.671. The summed E-state index contributed by atoms with van der Waals surface area (Å²) in [7, 11) is 0. The largest absolute Gasteiger partial charge is 0.296 e. The third-order valence-corrected chi connectivity index (χ3v) is 3.15. The van der Waals surface area contributed by atoms with Gasteiger partial charge in [0.1, 0.15) is 5.82 Å². The van der Waals surface area contributed by atoms with Crippen LogP contribution >= 0.6 is 0 Å². The first-order chi connectivity index (χ1) is 7.58. The van der Waals surface area contributed by atoms with E-state index in [9.17, 15) is 14.0 Å². The molecule has 1 fully saturated rings. The lowest BCUT2D eigenvalue weighted by Gasteiger charge is -2.23. The van der Waals surface area contributed by atoms with Gasteiger partial charge >= 0.3 is 0 Å². The first kappa shape index (κ1) is 10.8. The first-order valence-corrected chi connectivity index (χ1v) is 5.19. The maximum atomic E-state index is 12.8. The lowest BCUT2D eigenvalue weighted by Crippen LogP contribution is -2.34. The molecule has 2 amide bonds. The summed E-state index contributed by atoms with van der Waals surface area (Å²) >= 11 is 0. The van der Waals surface area contributed by atoms with E-state index in [2.05, 4.69) is 5.32 Å². The van der Waals surface area contributed by atoms with Crippen LogP contribution in [0.25, 0.3) is 0 Å². The fourth-order valence-corrected chi connectivity index (χ4v) is 2.14. The highest BCUT2D eigenvalue weighted by atomic mass is 19.1. The Morgan fingerprint density at radius 3 is 2.38 bits per heavy atom. The topological polar surface area (TPSA) is 46.2 Å². The predicted molar refractivity (Wildman–Crippen MR) is 56.1 cm³/mol. The summed E-state index contributed by atoms with van der Waals surface area (Å²) < 4.78 is 12.8. The van der Waals surface area contributed by atoms with E-state index >= 15 is 0 Å². The van der Waals surface area contributed by atoms with Gasteiger partial charge in [-0.15, -0.1) is 0 Å². The van der Waals surface area contributed by atoms with Gasteiger partial charge in [-0.05, 0) is 24.1 Å². The van der Waals surface area contributed by atoms with E-state index in [0.29, 0.717) is 12.0 Å². The van der Waals surface area contributed by atoms with Crippen LogP contribution in [-0.4, -0.2) is 11.8 Å². The molecule has 1 aromatic rings. The molecule has 1 unspecified atom stereocenters. The molecule has 1 aromatic carbocycles. The molecule has 1 aliphatic rings. The summed E-state index contributed by atoms with van der Waals surface area (Å²) in [5.74, 6) is -0.900. The summed E-state index contributed by atoms with van der Waals surface area (Å²) in [6.45, 7) is 1.85. The normalized spacial score (nSPS) is 24.6. The number of hydrogen-bond acceptors (Lipinski definition) is 2. The molecule has 1 N–H and O–H groups in total. The second kappa shape index (κ2) is 3.70. The van der Waals surface area contributed by atoms with Crippen LogP contribution in [0.4, 0.5) is 4.39 Å². The summed E-state index contributed by atoms with van der Waals surface area (Å²) in [4.78, 5) is 23.1. The van der Waals surface area contributed by atoms with Crippen LogP contribution in [0.3, 0.4) is 0 Å². The minimum absolute atomic E-state index is 0.147. The quantitative estimate of drug-likeness (QED) is 0.769. The van der Waals surface area contributed by atoms with Gasteiger partial charge in [-0.25, -0.2) is 4.39 Å². The maximum absolute atomic E-state index is 12.8. The Kier molecular flexibility index (Phi) is 2.50. The van der Waals surface area contributed by atoms with Gasteiger partial charge in [0.25, 0.3) is 0 Å². The van der Waals surface area contributed by atoms with Crippen LogP contribution in [0, 0.1) is 5.82 Å². The van der Waals surface area contributed by atoms with Crippen LogP contribution < -0.4 is 5.32 Å². The number of rotatable bonds is 2. The number of carbonyl (C=O) groups is 2. The smallest absolute Gasteiger partial charge is 0.237 e. The van der Waals surface area contributed by atoms with Gasteiger partial charge in [0.05, 0.1) is 5.41 Å². The molecule has 0 aliphatic carbocycles. The molecule has 1 aliphatic heterocycles. The molecule has 0 aromatic heterocycles. The SMILES string of the molecule is CCC1(c2ccc(F)cc2)CC(=O)NC1=O. The van der Waals surface area contributed by atoms with Crippen molar-refractivity contribution in [3.05, 3.63) is 35.6 Å². The lowest BCUT2D eigenvalue weighted by molar-refractivity contribution is -0.126. The minimum Gasteiger partial charge on any atom is -0.296 e.